The topological polar surface area (TPSA) is 63.2 Å². The monoisotopic (exact) mass is 373 g/mol. The summed E-state index contributed by atoms with van der Waals surface area (Å²) in [4.78, 5) is 12.4. The number of carbonyl (C=O) groups excluding carboxylic acids is 1. The number of carbonyl (C=O) groups is 1. The summed E-state index contributed by atoms with van der Waals surface area (Å²) in [7, 11) is -3.87. The Morgan fingerprint density at radius 3 is 2.00 bits per heavy atom. The van der Waals surface area contributed by atoms with Gasteiger partial charge in [0.1, 0.15) is 0 Å². The molecule has 2 aromatic carbocycles. The number of amides is 1. The molecule has 0 aromatic heterocycles. The Morgan fingerprint density at radius 2 is 1.46 bits per heavy atom. The molecule has 0 bridgehead atoms. The van der Waals surface area contributed by atoms with Crippen molar-refractivity contribution in [3.05, 3.63) is 63.7 Å². The fourth-order valence-electron chi connectivity index (χ4n) is 3.04. The highest BCUT2D eigenvalue weighted by atomic mass is 32.2. The van der Waals surface area contributed by atoms with Crippen LogP contribution in [0, 0.1) is 34.6 Å². The van der Waals surface area contributed by atoms with Crippen LogP contribution in [0.25, 0.3) is 0 Å². The average molecular weight is 374 g/mol. The van der Waals surface area contributed by atoms with Gasteiger partial charge in [-0.15, -0.1) is 0 Å². The molecule has 0 radical (unpaired) electrons. The van der Waals surface area contributed by atoms with Crippen LogP contribution < -0.4 is 4.72 Å². The van der Waals surface area contributed by atoms with Gasteiger partial charge >= 0.3 is 0 Å². The third-order valence-corrected chi connectivity index (χ3v) is 6.45. The molecule has 0 aliphatic heterocycles. The molecule has 2 aromatic rings. The molecule has 4 nitrogen and oxygen atoms in total. The second kappa shape index (κ2) is 8.04. The van der Waals surface area contributed by atoms with Gasteiger partial charge < -0.3 is 0 Å². The molecule has 0 saturated heterocycles. The van der Waals surface area contributed by atoms with Crippen LogP contribution in [0.4, 0.5) is 0 Å². The van der Waals surface area contributed by atoms with Crippen molar-refractivity contribution in [2.45, 2.75) is 58.8 Å². The minimum Gasteiger partial charge on any atom is -0.274 e. The van der Waals surface area contributed by atoms with Crippen LogP contribution in [0.1, 0.15) is 46.2 Å². The van der Waals surface area contributed by atoms with Crippen LogP contribution in [0.3, 0.4) is 0 Å². The Bertz CT molecular complexity index is 887. The summed E-state index contributed by atoms with van der Waals surface area (Å²) < 4.78 is 27.7. The summed E-state index contributed by atoms with van der Waals surface area (Å²) in [5.74, 6) is -0.463. The lowest BCUT2D eigenvalue weighted by molar-refractivity contribution is -0.119. The SMILES string of the molecule is Cc1ccc(CCCC(=O)NS(=O)(=O)c2c(C)c(C)cc(C)c2C)cc1. The highest BCUT2D eigenvalue weighted by Crippen LogP contribution is 2.26. The maximum absolute atomic E-state index is 12.7. The summed E-state index contributed by atoms with van der Waals surface area (Å²) >= 11 is 0. The summed E-state index contributed by atoms with van der Waals surface area (Å²) in [6.07, 6.45) is 1.53. The van der Waals surface area contributed by atoms with Gasteiger partial charge in [-0.2, -0.15) is 0 Å². The van der Waals surface area contributed by atoms with Crippen LogP contribution in [0.5, 0.6) is 0 Å². The Balaban J connectivity index is 2.05. The molecule has 140 valence electrons. The highest BCUT2D eigenvalue weighted by molar-refractivity contribution is 7.90. The van der Waals surface area contributed by atoms with Crippen LogP contribution in [-0.2, 0) is 21.2 Å². The van der Waals surface area contributed by atoms with Gasteiger partial charge in [-0.3, -0.25) is 4.79 Å². The zero-order valence-corrected chi connectivity index (χ0v) is 17.0. The molecule has 0 atom stereocenters. The molecule has 5 heteroatoms. The second-order valence-electron chi connectivity index (χ2n) is 6.96. The first-order valence-corrected chi connectivity index (χ1v) is 10.3. The Morgan fingerprint density at radius 1 is 0.923 bits per heavy atom. The van der Waals surface area contributed by atoms with Gasteiger partial charge in [0, 0.05) is 6.42 Å². The Hall–Kier alpha value is -2.14. The number of sulfonamides is 1. The van der Waals surface area contributed by atoms with E-state index in [4.69, 9.17) is 0 Å². The molecular weight excluding hydrogens is 346 g/mol. The average Bonchev–Trinajstić information content (AvgIpc) is 2.54. The van der Waals surface area contributed by atoms with E-state index in [0.29, 0.717) is 17.5 Å². The van der Waals surface area contributed by atoms with Gasteiger partial charge in [-0.25, -0.2) is 13.1 Å². The Labute approximate surface area is 156 Å². The van der Waals surface area contributed by atoms with E-state index in [0.717, 1.165) is 23.1 Å². The standard InChI is InChI=1S/C21H27NO3S/c1-14-9-11-19(12-10-14)7-6-8-20(23)22-26(24,25)21-17(4)15(2)13-16(3)18(21)5/h9-13H,6-8H2,1-5H3,(H,22,23). The number of nitrogens with one attached hydrogen (secondary N) is 1. The van der Waals surface area contributed by atoms with Crippen LogP contribution in [0.15, 0.2) is 35.2 Å². The van der Waals surface area contributed by atoms with E-state index >= 15 is 0 Å². The van der Waals surface area contributed by atoms with Gasteiger partial charge in [0.05, 0.1) is 4.90 Å². The van der Waals surface area contributed by atoms with Crippen LogP contribution >= 0.6 is 0 Å². The van der Waals surface area contributed by atoms with E-state index in [1.807, 2.05) is 51.1 Å². The van der Waals surface area contributed by atoms with E-state index in [2.05, 4.69) is 4.72 Å². The fourth-order valence-corrected chi connectivity index (χ4v) is 4.68. The summed E-state index contributed by atoms with van der Waals surface area (Å²) in [6, 6.07) is 10.1. The number of hydrogen-bond acceptors (Lipinski definition) is 3. The third-order valence-electron chi connectivity index (χ3n) is 4.80. The lowest BCUT2D eigenvalue weighted by Crippen LogP contribution is -2.31. The lowest BCUT2D eigenvalue weighted by Gasteiger charge is -2.16. The van der Waals surface area contributed by atoms with Gasteiger partial charge in [-0.1, -0.05) is 35.9 Å². The van der Waals surface area contributed by atoms with Crippen molar-refractivity contribution in [1.82, 2.24) is 4.72 Å². The first-order valence-electron chi connectivity index (χ1n) is 8.80. The number of aryl methyl sites for hydroxylation is 4. The van der Waals surface area contributed by atoms with E-state index in [-0.39, 0.29) is 11.3 Å². The molecular formula is C21H27NO3S. The van der Waals surface area contributed by atoms with Crippen molar-refractivity contribution in [2.75, 3.05) is 0 Å². The molecule has 0 spiro atoms. The van der Waals surface area contributed by atoms with Crippen LogP contribution in [0.2, 0.25) is 0 Å². The lowest BCUT2D eigenvalue weighted by atomic mass is 10.0. The molecule has 0 heterocycles. The van der Waals surface area contributed by atoms with Gasteiger partial charge in [0.2, 0.25) is 5.91 Å². The fraction of sp³-hybridized carbons (Fsp3) is 0.381. The van der Waals surface area contributed by atoms with Crippen molar-refractivity contribution in [2.24, 2.45) is 0 Å². The van der Waals surface area contributed by atoms with Crippen molar-refractivity contribution in [1.29, 1.82) is 0 Å². The number of hydrogen-bond donors (Lipinski definition) is 1. The molecule has 0 aliphatic carbocycles. The minimum absolute atomic E-state index is 0.177. The molecule has 0 saturated carbocycles. The van der Waals surface area contributed by atoms with E-state index in [1.165, 1.54) is 5.56 Å². The quantitative estimate of drug-likeness (QED) is 0.831. The minimum atomic E-state index is -3.87. The van der Waals surface area contributed by atoms with Crippen LogP contribution in [-0.4, -0.2) is 14.3 Å². The molecule has 1 amide bonds. The predicted molar refractivity (Wildman–Crippen MR) is 105 cm³/mol. The number of rotatable bonds is 6. The van der Waals surface area contributed by atoms with E-state index < -0.39 is 15.9 Å². The van der Waals surface area contributed by atoms with Crippen molar-refractivity contribution >= 4 is 15.9 Å². The molecule has 2 rings (SSSR count). The van der Waals surface area contributed by atoms with Crippen molar-refractivity contribution in [3.8, 4) is 0 Å². The second-order valence-corrected chi connectivity index (χ2v) is 8.58. The third kappa shape index (κ3) is 4.73. The molecule has 0 aliphatic rings. The normalized spacial score (nSPS) is 11.4. The van der Waals surface area contributed by atoms with Gasteiger partial charge in [0.15, 0.2) is 0 Å². The highest BCUT2D eigenvalue weighted by Gasteiger charge is 2.23. The maximum atomic E-state index is 12.7. The van der Waals surface area contributed by atoms with Gasteiger partial charge in [-0.05, 0) is 75.3 Å². The zero-order valence-electron chi connectivity index (χ0n) is 16.1. The number of benzene rings is 2. The van der Waals surface area contributed by atoms with E-state index in [9.17, 15) is 13.2 Å². The first-order chi connectivity index (χ1) is 12.1. The maximum Gasteiger partial charge on any atom is 0.264 e. The predicted octanol–water partition coefficient (Wildman–Crippen LogP) is 4.06. The van der Waals surface area contributed by atoms with Crippen molar-refractivity contribution < 1.29 is 13.2 Å². The largest absolute Gasteiger partial charge is 0.274 e. The Kier molecular flexibility index (Phi) is 6.24. The summed E-state index contributed by atoms with van der Waals surface area (Å²) in [5, 5.41) is 0. The zero-order chi connectivity index (χ0) is 19.5. The molecule has 0 fully saturated rings. The molecule has 26 heavy (non-hydrogen) atoms. The van der Waals surface area contributed by atoms with Gasteiger partial charge in [0.25, 0.3) is 10.0 Å². The molecule has 0 unspecified atom stereocenters. The summed E-state index contributed by atoms with van der Waals surface area (Å²) in [6.45, 7) is 9.34. The smallest absolute Gasteiger partial charge is 0.264 e. The first kappa shape index (κ1) is 20.2. The van der Waals surface area contributed by atoms with E-state index in [1.54, 1.807) is 13.8 Å². The summed E-state index contributed by atoms with van der Waals surface area (Å²) in [5.41, 5.74) is 5.52. The molecule has 1 N–H and O–H groups in total. The van der Waals surface area contributed by atoms with Crippen molar-refractivity contribution in [3.63, 3.8) is 0 Å².